The average Bonchev–Trinajstić information content (AvgIpc) is 1.30. The van der Waals surface area contributed by atoms with Crippen molar-refractivity contribution < 1.29 is 0 Å². The summed E-state index contributed by atoms with van der Waals surface area (Å²) in [5.74, 6) is 0. The highest BCUT2D eigenvalue weighted by Gasteiger charge is 2.07. The summed E-state index contributed by atoms with van der Waals surface area (Å²) in [6, 6.07) is 0. The van der Waals surface area contributed by atoms with E-state index in [2.05, 4.69) is 20.1 Å². The summed E-state index contributed by atoms with van der Waals surface area (Å²) in [5, 5.41) is 0. The lowest BCUT2D eigenvalue weighted by atomic mass is 10.3. The second-order valence-corrected chi connectivity index (χ2v) is 2.27. The molecule has 0 aromatic heterocycles. The Morgan fingerprint density at radius 1 is 1.40 bits per heavy atom. The first kappa shape index (κ1) is 3.62. The number of rotatable bonds is 0. The number of nitrogens with zero attached hydrogens (tertiary/aromatic N) is 1. The molecule has 1 rings (SSSR count). The molecule has 30 valence electrons. The van der Waals surface area contributed by atoms with Gasteiger partial charge in [0.25, 0.3) is 0 Å². The molecule has 0 N–H and O–H groups in total. The highest BCUT2D eigenvalue weighted by molar-refractivity contribution is 9.07. The quantitative estimate of drug-likeness (QED) is 0.449. The predicted molar refractivity (Wildman–Crippen MR) is 25.1 cm³/mol. The van der Waals surface area contributed by atoms with Crippen LogP contribution < -0.4 is 0 Å². The fraction of sp³-hybridized carbons (Fsp3) is 1.00. The number of hydrogen-bond donors (Lipinski definition) is 0. The Morgan fingerprint density at radius 3 is 1.80 bits per heavy atom. The third-order valence-corrected chi connectivity index (χ3v) is 1.51. The Morgan fingerprint density at radius 2 is 1.80 bits per heavy atom. The molecule has 0 atom stereocenters. The van der Waals surface area contributed by atoms with Crippen molar-refractivity contribution in [2.75, 3.05) is 13.1 Å². The van der Waals surface area contributed by atoms with E-state index in [0.29, 0.717) is 0 Å². The van der Waals surface area contributed by atoms with E-state index in [4.69, 9.17) is 0 Å². The van der Waals surface area contributed by atoms with Gasteiger partial charge >= 0.3 is 0 Å². The van der Waals surface area contributed by atoms with Crippen LogP contribution in [0.25, 0.3) is 0 Å². The summed E-state index contributed by atoms with van der Waals surface area (Å²) in [4.78, 5) is 0. The van der Waals surface area contributed by atoms with E-state index in [1.807, 2.05) is 0 Å². The molecule has 0 aromatic carbocycles. The van der Waals surface area contributed by atoms with Gasteiger partial charge in [-0.25, -0.2) is 3.93 Å². The van der Waals surface area contributed by atoms with Gasteiger partial charge in [0.1, 0.15) is 0 Å². The molecule has 1 heterocycles. The smallest absolute Gasteiger partial charge is 0.0120 e. The van der Waals surface area contributed by atoms with Crippen LogP contribution >= 0.6 is 16.1 Å². The second kappa shape index (κ2) is 1.27. The molecule has 0 aromatic rings. The molecule has 1 aliphatic heterocycles. The average molecular weight is 136 g/mol. The minimum absolute atomic E-state index is 1.24. The van der Waals surface area contributed by atoms with Crippen LogP contribution in [0.15, 0.2) is 0 Å². The minimum atomic E-state index is 1.24. The zero-order chi connectivity index (χ0) is 3.70. The third kappa shape index (κ3) is 0.637. The summed E-state index contributed by atoms with van der Waals surface area (Å²) >= 11 is 3.29. The number of halogens is 1. The van der Waals surface area contributed by atoms with E-state index in [9.17, 15) is 0 Å². The Kier molecular flexibility index (Phi) is 0.918. The molecule has 1 nitrogen and oxygen atoms in total. The van der Waals surface area contributed by atoms with Crippen LogP contribution in [-0.4, -0.2) is 17.0 Å². The fourth-order valence-corrected chi connectivity index (χ4v) is 0.779. The molecule has 1 fully saturated rings. The van der Waals surface area contributed by atoms with Crippen molar-refractivity contribution >= 4 is 16.1 Å². The van der Waals surface area contributed by atoms with Crippen LogP contribution in [0.5, 0.6) is 0 Å². The fourth-order valence-electron chi connectivity index (χ4n) is 0.278. The van der Waals surface area contributed by atoms with E-state index in [-0.39, 0.29) is 0 Å². The summed E-state index contributed by atoms with van der Waals surface area (Å²) < 4.78 is 2.12. The van der Waals surface area contributed by atoms with Gasteiger partial charge in [0.2, 0.25) is 0 Å². The molecule has 0 bridgehead atoms. The van der Waals surface area contributed by atoms with Crippen LogP contribution in [0, 0.1) is 0 Å². The van der Waals surface area contributed by atoms with Crippen LogP contribution in [0.4, 0.5) is 0 Å². The van der Waals surface area contributed by atoms with Crippen LogP contribution in [-0.2, 0) is 0 Å². The van der Waals surface area contributed by atoms with E-state index < -0.39 is 0 Å². The molecular formula is C3H6BrN. The summed E-state index contributed by atoms with van der Waals surface area (Å²) in [6.07, 6.45) is 1.37. The molecule has 0 amide bonds. The standard InChI is InChI=1S/C3H6BrN/c4-5-2-1-3-5/h1-3H2. The molecule has 0 aliphatic carbocycles. The van der Waals surface area contributed by atoms with Gasteiger partial charge in [-0.05, 0) is 6.42 Å². The molecule has 2 heteroatoms. The molecule has 1 aliphatic rings. The van der Waals surface area contributed by atoms with Crippen molar-refractivity contribution in [1.82, 2.24) is 3.93 Å². The lowest BCUT2D eigenvalue weighted by Gasteiger charge is -2.21. The van der Waals surface area contributed by atoms with Crippen molar-refractivity contribution in [1.29, 1.82) is 0 Å². The van der Waals surface area contributed by atoms with Gasteiger partial charge in [-0.1, -0.05) is 0 Å². The Hall–Kier alpha value is 0.440. The van der Waals surface area contributed by atoms with Crippen molar-refractivity contribution in [3.05, 3.63) is 0 Å². The van der Waals surface area contributed by atoms with Gasteiger partial charge in [0, 0.05) is 29.2 Å². The van der Waals surface area contributed by atoms with Gasteiger partial charge in [-0.15, -0.1) is 0 Å². The van der Waals surface area contributed by atoms with Gasteiger partial charge in [-0.3, -0.25) is 0 Å². The van der Waals surface area contributed by atoms with Gasteiger partial charge in [0.05, 0.1) is 0 Å². The highest BCUT2D eigenvalue weighted by atomic mass is 79.9. The van der Waals surface area contributed by atoms with Crippen molar-refractivity contribution in [2.45, 2.75) is 6.42 Å². The van der Waals surface area contributed by atoms with Crippen molar-refractivity contribution in [2.24, 2.45) is 0 Å². The zero-order valence-electron chi connectivity index (χ0n) is 2.95. The predicted octanol–water partition coefficient (Wildman–Crippen LogP) is 1.00. The van der Waals surface area contributed by atoms with E-state index in [1.54, 1.807) is 0 Å². The normalized spacial score (nSPS) is 25.8. The first-order chi connectivity index (χ1) is 2.39. The van der Waals surface area contributed by atoms with E-state index in [0.717, 1.165) is 0 Å². The number of hydrogen-bond acceptors (Lipinski definition) is 1. The summed E-state index contributed by atoms with van der Waals surface area (Å²) in [7, 11) is 0. The maximum atomic E-state index is 3.29. The molecule has 0 unspecified atom stereocenters. The van der Waals surface area contributed by atoms with E-state index >= 15 is 0 Å². The lowest BCUT2D eigenvalue weighted by Crippen LogP contribution is -2.26. The third-order valence-electron chi connectivity index (χ3n) is 0.801. The zero-order valence-corrected chi connectivity index (χ0v) is 4.53. The van der Waals surface area contributed by atoms with Crippen LogP contribution in [0.2, 0.25) is 0 Å². The first-order valence-electron chi connectivity index (χ1n) is 1.80. The second-order valence-electron chi connectivity index (χ2n) is 1.26. The monoisotopic (exact) mass is 135 g/mol. The topological polar surface area (TPSA) is 3.24 Å². The minimum Gasteiger partial charge on any atom is -0.242 e. The first-order valence-corrected chi connectivity index (χ1v) is 2.51. The molecule has 0 spiro atoms. The van der Waals surface area contributed by atoms with Gasteiger partial charge in [0.15, 0.2) is 0 Å². The molecule has 0 saturated carbocycles. The SMILES string of the molecule is BrN1CCC1. The molecule has 5 heavy (non-hydrogen) atoms. The van der Waals surface area contributed by atoms with Crippen molar-refractivity contribution in [3.8, 4) is 0 Å². The van der Waals surface area contributed by atoms with E-state index in [1.165, 1.54) is 19.5 Å². The van der Waals surface area contributed by atoms with Crippen LogP contribution in [0.3, 0.4) is 0 Å². The molecule has 1 saturated heterocycles. The summed E-state index contributed by atoms with van der Waals surface area (Å²) in [6.45, 7) is 2.47. The lowest BCUT2D eigenvalue weighted by molar-refractivity contribution is 0.358. The van der Waals surface area contributed by atoms with Crippen LogP contribution in [0.1, 0.15) is 6.42 Å². The molecule has 0 radical (unpaired) electrons. The van der Waals surface area contributed by atoms with Gasteiger partial charge < -0.3 is 0 Å². The largest absolute Gasteiger partial charge is 0.242 e. The molecular weight excluding hydrogens is 130 g/mol. The maximum absolute atomic E-state index is 3.29. The van der Waals surface area contributed by atoms with Crippen molar-refractivity contribution in [3.63, 3.8) is 0 Å². The maximum Gasteiger partial charge on any atom is 0.0120 e. The Balaban J connectivity index is 2.08. The summed E-state index contributed by atoms with van der Waals surface area (Å²) in [5.41, 5.74) is 0. The Bertz CT molecular complexity index is 33.9. The Labute approximate surface area is 40.3 Å². The van der Waals surface area contributed by atoms with Gasteiger partial charge in [-0.2, -0.15) is 0 Å². The highest BCUT2D eigenvalue weighted by Crippen LogP contribution is 2.08.